The first-order valence-electron chi connectivity index (χ1n) is 4.84. The first-order chi connectivity index (χ1) is 7.65. The number of guanidine groups is 1. The van der Waals surface area contributed by atoms with E-state index in [1.807, 2.05) is 12.1 Å². The lowest BCUT2D eigenvalue weighted by atomic mass is 10.1. The van der Waals surface area contributed by atoms with Gasteiger partial charge < -0.3 is 10.1 Å². The standard InChI is InChI=1S/C11H15N3O2/c1-13-11(12)14-10(15)7-8-3-5-9(16-2)6-4-8/h3-6H,7H2,1-2H3,(H3,12,13,14,15). The van der Waals surface area contributed by atoms with E-state index in [2.05, 4.69) is 10.6 Å². The van der Waals surface area contributed by atoms with Gasteiger partial charge in [0.1, 0.15) is 5.75 Å². The summed E-state index contributed by atoms with van der Waals surface area (Å²) in [5.74, 6) is 0.537. The molecule has 1 aromatic rings. The second-order valence-electron chi connectivity index (χ2n) is 3.20. The highest BCUT2D eigenvalue weighted by atomic mass is 16.5. The van der Waals surface area contributed by atoms with Crippen LogP contribution in [-0.2, 0) is 11.2 Å². The SMILES string of the molecule is CNC(=N)NC(=O)Cc1ccc(OC)cc1. The van der Waals surface area contributed by atoms with Gasteiger partial charge in [-0.05, 0) is 17.7 Å². The largest absolute Gasteiger partial charge is 0.497 e. The van der Waals surface area contributed by atoms with Crippen molar-refractivity contribution < 1.29 is 9.53 Å². The van der Waals surface area contributed by atoms with E-state index in [4.69, 9.17) is 10.1 Å². The predicted molar refractivity (Wildman–Crippen MR) is 61.6 cm³/mol. The molecule has 0 spiro atoms. The molecule has 0 saturated heterocycles. The maximum Gasteiger partial charge on any atom is 0.231 e. The van der Waals surface area contributed by atoms with E-state index in [9.17, 15) is 4.79 Å². The minimum Gasteiger partial charge on any atom is -0.497 e. The van der Waals surface area contributed by atoms with E-state index in [1.165, 1.54) is 0 Å². The molecule has 16 heavy (non-hydrogen) atoms. The Morgan fingerprint density at radius 1 is 1.38 bits per heavy atom. The van der Waals surface area contributed by atoms with Gasteiger partial charge in [0.15, 0.2) is 5.96 Å². The number of carbonyl (C=O) groups is 1. The van der Waals surface area contributed by atoms with Crippen molar-refractivity contribution in [2.24, 2.45) is 0 Å². The minimum absolute atomic E-state index is 0.00138. The third-order valence-electron chi connectivity index (χ3n) is 2.04. The average Bonchev–Trinajstić information content (AvgIpc) is 2.29. The summed E-state index contributed by atoms with van der Waals surface area (Å²) in [6, 6.07) is 7.24. The molecule has 0 aromatic heterocycles. The molecule has 0 bridgehead atoms. The number of carbonyl (C=O) groups excluding carboxylic acids is 1. The number of hydrogen-bond acceptors (Lipinski definition) is 3. The highest BCUT2D eigenvalue weighted by molar-refractivity contribution is 5.96. The maximum absolute atomic E-state index is 11.4. The van der Waals surface area contributed by atoms with Crippen molar-refractivity contribution in [2.75, 3.05) is 14.2 Å². The molecule has 1 aromatic carbocycles. The second kappa shape index (κ2) is 5.75. The van der Waals surface area contributed by atoms with Crippen LogP contribution in [0.15, 0.2) is 24.3 Å². The van der Waals surface area contributed by atoms with Gasteiger partial charge in [0, 0.05) is 7.05 Å². The zero-order chi connectivity index (χ0) is 12.0. The molecule has 0 atom stereocenters. The molecule has 1 rings (SSSR count). The van der Waals surface area contributed by atoms with Crippen LogP contribution in [0, 0.1) is 5.41 Å². The molecule has 0 aliphatic rings. The summed E-state index contributed by atoms with van der Waals surface area (Å²) in [6.07, 6.45) is 0.244. The summed E-state index contributed by atoms with van der Waals surface area (Å²) in [6.45, 7) is 0. The minimum atomic E-state index is -0.218. The van der Waals surface area contributed by atoms with Gasteiger partial charge in [-0.2, -0.15) is 0 Å². The molecule has 0 unspecified atom stereocenters. The third-order valence-corrected chi connectivity index (χ3v) is 2.04. The molecule has 0 fully saturated rings. The van der Waals surface area contributed by atoms with E-state index in [-0.39, 0.29) is 18.3 Å². The summed E-state index contributed by atoms with van der Waals surface area (Å²) in [5, 5.41) is 12.2. The highest BCUT2D eigenvalue weighted by Crippen LogP contribution is 2.11. The summed E-state index contributed by atoms with van der Waals surface area (Å²) >= 11 is 0. The molecule has 0 aliphatic carbocycles. The summed E-state index contributed by atoms with van der Waals surface area (Å²) < 4.78 is 5.01. The van der Waals surface area contributed by atoms with E-state index in [0.29, 0.717) is 0 Å². The van der Waals surface area contributed by atoms with Gasteiger partial charge in [-0.25, -0.2) is 0 Å². The van der Waals surface area contributed by atoms with Gasteiger partial charge >= 0.3 is 0 Å². The van der Waals surface area contributed by atoms with Crippen molar-refractivity contribution in [3.63, 3.8) is 0 Å². The summed E-state index contributed by atoms with van der Waals surface area (Å²) in [4.78, 5) is 11.4. The van der Waals surface area contributed by atoms with Crippen molar-refractivity contribution in [3.8, 4) is 5.75 Å². The average molecular weight is 221 g/mol. The van der Waals surface area contributed by atoms with Crippen LogP contribution in [0.5, 0.6) is 5.75 Å². The number of hydrogen-bond donors (Lipinski definition) is 3. The molecule has 5 nitrogen and oxygen atoms in total. The van der Waals surface area contributed by atoms with E-state index < -0.39 is 0 Å². The van der Waals surface area contributed by atoms with Crippen molar-refractivity contribution in [1.29, 1.82) is 5.41 Å². The number of ether oxygens (including phenoxy) is 1. The molecular weight excluding hydrogens is 206 g/mol. The predicted octanol–water partition coefficient (Wildman–Crippen LogP) is 0.508. The topological polar surface area (TPSA) is 74.2 Å². The van der Waals surface area contributed by atoms with E-state index >= 15 is 0 Å². The van der Waals surface area contributed by atoms with Gasteiger partial charge in [0.25, 0.3) is 0 Å². The maximum atomic E-state index is 11.4. The van der Waals surface area contributed by atoms with Crippen LogP contribution >= 0.6 is 0 Å². The molecule has 0 radical (unpaired) electrons. The Morgan fingerprint density at radius 3 is 2.50 bits per heavy atom. The Kier molecular flexibility index (Phi) is 4.32. The van der Waals surface area contributed by atoms with Gasteiger partial charge in [0.2, 0.25) is 5.91 Å². The van der Waals surface area contributed by atoms with Crippen LogP contribution in [0.4, 0.5) is 0 Å². The lowest BCUT2D eigenvalue weighted by Crippen LogP contribution is -2.38. The Morgan fingerprint density at radius 2 is 2.00 bits per heavy atom. The van der Waals surface area contributed by atoms with Crippen molar-refractivity contribution in [2.45, 2.75) is 6.42 Å². The Bertz CT molecular complexity index is 373. The number of benzene rings is 1. The zero-order valence-corrected chi connectivity index (χ0v) is 9.33. The zero-order valence-electron chi connectivity index (χ0n) is 9.33. The van der Waals surface area contributed by atoms with Crippen molar-refractivity contribution in [3.05, 3.63) is 29.8 Å². The van der Waals surface area contributed by atoms with Gasteiger partial charge in [-0.15, -0.1) is 0 Å². The number of amides is 1. The first-order valence-corrected chi connectivity index (χ1v) is 4.84. The molecule has 0 aliphatic heterocycles. The number of methoxy groups -OCH3 is 1. The number of nitrogens with one attached hydrogen (secondary N) is 3. The quantitative estimate of drug-likeness (QED) is 0.514. The Balaban J connectivity index is 2.52. The van der Waals surface area contributed by atoms with Crippen LogP contribution in [0.1, 0.15) is 5.56 Å². The fourth-order valence-corrected chi connectivity index (χ4v) is 1.17. The smallest absolute Gasteiger partial charge is 0.231 e. The molecule has 0 saturated carbocycles. The van der Waals surface area contributed by atoms with Crippen LogP contribution < -0.4 is 15.4 Å². The molecular formula is C11H15N3O2. The lowest BCUT2D eigenvalue weighted by Gasteiger charge is -2.06. The molecule has 1 amide bonds. The second-order valence-corrected chi connectivity index (χ2v) is 3.20. The van der Waals surface area contributed by atoms with Gasteiger partial charge in [0.05, 0.1) is 13.5 Å². The van der Waals surface area contributed by atoms with Crippen LogP contribution in [0.3, 0.4) is 0 Å². The Hall–Kier alpha value is -2.04. The first kappa shape index (κ1) is 12.0. The van der Waals surface area contributed by atoms with Gasteiger partial charge in [-0.1, -0.05) is 12.1 Å². The third kappa shape index (κ3) is 3.61. The molecule has 3 N–H and O–H groups in total. The normalized spacial score (nSPS) is 9.38. The Labute approximate surface area is 94.3 Å². The fraction of sp³-hybridized carbons (Fsp3) is 0.273. The monoisotopic (exact) mass is 221 g/mol. The van der Waals surface area contributed by atoms with Crippen molar-refractivity contribution >= 4 is 11.9 Å². The van der Waals surface area contributed by atoms with Crippen LogP contribution in [-0.4, -0.2) is 26.0 Å². The number of rotatable bonds is 3. The molecule has 5 heteroatoms. The molecule has 86 valence electrons. The highest BCUT2D eigenvalue weighted by Gasteiger charge is 2.04. The van der Waals surface area contributed by atoms with Gasteiger partial charge in [-0.3, -0.25) is 15.5 Å². The summed E-state index contributed by atoms with van der Waals surface area (Å²) in [5.41, 5.74) is 0.877. The lowest BCUT2D eigenvalue weighted by molar-refractivity contribution is -0.119. The van der Waals surface area contributed by atoms with Crippen molar-refractivity contribution in [1.82, 2.24) is 10.6 Å². The van der Waals surface area contributed by atoms with Crippen LogP contribution in [0.2, 0.25) is 0 Å². The molecule has 0 heterocycles. The summed E-state index contributed by atoms with van der Waals surface area (Å²) in [7, 11) is 3.17. The van der Waals surface area contributed by atoms with Crippen LogP contribution in [0.25, 0.3) is 0 Å². The fourth-order valence-electron chi connectivity index (χ4n) is 1.17. The van der Waals surface area contributed by atoms with E-state index in [1.54, 1.807) is 26.3 Å². The van der Waals surface area contributed by atoms with E-state index in [0.717, 1.165) is 11.3 Å².